The van der Waals surface area contributed by atoms with Gasteiger partial charge in [-0.1, -0.05) is 12.1 Å². The highest BCUT2D eigenvalue weighted by atomic mass is 35.5. The SMILES string of the molecule is CN1CCN(S(=O)(=O)c2ccc(CN)cc2)CC1.Cl.Cl. The monoisotopic (exact) mass is 341 g/mol. The summed E-state index contributed by atoms with van der Waals surface area (Å²) in [6, 6.07) is 6.80. The summed E-state index contributed by atoms with van der Waals surface area (Å²) in [7, 11) is -1.34. The van der Waals surface area contributed by atoms with E-state index in [4.69, 9.17) is 5.73 Å². The summed E-state index contributed by atoms with van der Waals surface area (Å²) >= 11 is 0. The van der Waals surface area contributed by atoms with Crippen molar-refractivity contribution in [3.05, 3.63) is 29.8 Å². The zero-order valence-electron chi connectivity index (χ0n) is 11.4. The van der Waals surface area contributed by atoms with Crippen LogP contribution in [0.2, 0.25) is 0 Å². The van der Waals surface area contributed by atoms with Crippen LogP contribution in [0, 0.1) is 0 Å². The van der Waals surface area contributed by atoms with Crippen LogP contribution in [-0.2, 0) is 16.6 Å². The first kappa shape index (κ1) is 19.6. The van der Waals surface area contributed by atoms with Crippen LogP contribution < -0.4 is 5.73 Å². The summed E-state index contributed by atoms with van der Waals surface area (Å²) in [5.74, 6) is 0. The molecule has 2 rings (SSSR count). The molecule has 0 saturated carbocycles. The summed E-state index contributed by atoms with van der Waals surface area (Å²) in [6.45, 7) is 3.09. The van der Waals surface area contributed by atoms with Crippen molar-refractivity contribution < 1.29 is 8.42 Å². The molecule has 5 nitrogen and oxygen atoms in total. The summed E-state index contributed by atoms with van der Waals surface area (Å²) in [6.07, 6.45) is 0. The smallest absolute Gasteiger partial charge is 0.243 e. The van der Waals surface area contributed by atoms with E-state index in [-0.39, 0.29) is 24.8 Å². The second-order valence-electron chi connectivity index (χ2n) is 4.56. The van der Waals surface area contributed by atoms with Crippen LogP contribution in [0.4, 0.5) is 0 Å². The number of hydrogen-bond acceptors (Lipinski definition) is 4. The zero-order chi connectivity index (χ0) is 13.2. The average Bonchev–Trinajstić information content (AvgIpc) is 2.39. The molecule has 1 heterocycles. The quantitative estimate of drug-likeness (QED) is 0.887. The fourth-order valence-electron chi connectivity index (χ4n) is 1.98. The van der Waals surface area contributed by atoms with E-state index in [2.05, 4.69) is 4.90 Å². The number of sulfonamides is 1. The van der Waals surface area contributed by atoms with E-state index in [0.29, 0.717) is 24.5 Å². The van der Waals surface area contributed by atoms with Gasteiger partial charge in [0, 0.05) is 32.7 Å². The predicted octanol–water partition coefficient (Wildman–Crippen LogP) is 0.925. The summed E-state index contributed by atoms with van der Waals surface area (Å²) in [5, 5.41) is 0. The Morgan fingerprint density at radius 3 is 2.00 bits per heavy atom. The first-order chi connectivity index (χ1) is 8.54. The molecule has 1 saturated heterocycles. The molecule has 0 aliphatic carbocycles. The van der Waals surface area contributed by atoms with E-state index in [0.717, 1.165) is 18.7 Å². The molecule has 1 aliphatic rings. The van der Waals surface area contributed by atoms with Crippen LogP contribution in [0.25, 0.3) is 0 Å². The Morgan fingerprint density at radius 2 is 1.55 bits per heavy atom. The van der Waals surface area contributed by atoms with Gasteiger partial charge in [0.25, 0.3) is 0 Å². The molecule has 0 aromatic heterocycles. The Morgan fingerprint density at radius 1 is 1.05 bits per heavy atom. The number of nitrogens with two attached hydrogens (primary N) is 1. The maximum Gasteiger partial charge on any atom is 0.243 e. The van der Waals surface area contributed by atoms with Crippen molar-refractivity contribution in [3.8, 4) is 0 Å². The molecule has 0 radical (unpaired) electrons. The van der Waals surface area contributed by atoms with Gasteiger partial charge in [0.15, 0.2) is 0 Å². The van der Waals surface area contributed by atoms with E-state index in [1.54, 1.807) is 28.6 Å². The molecule has 1 fully saturated rings. The molecule has 0 amide bonds. The molecule has 0 atom stereocenters. The van der Waals surface area contributed by atoms with E-state index in [1.807, 2.05) is 7.05 Å². The van der Waals surface area contributed by atoms with Gasteiger partial charge in [-0.25, -0.2) is 8.42 Å². The van der Waals surface area contributed by atoms with Crippen LogP contribution >= 0.6 is 24.8 Å². The summed E-state index contributed by atoms with van der Waals surface area (Å²) in [4.78, 5) is 2.48. The van der Waals surface area contributed by atoms with Gasteiger partial charge in [-0.05, 0) is 24.7 Å². The minimum atomic E-state index is -3.34. The topological polar surface area (TPSA) is 66.6 Å². The Labute approximate surface area is 133 Å². The standard InChI is InChI=1S/C12H19N3O2S.2ClH/c1-14-6-8-15(9-7-14)18(16,17)12-4-2-11(10-13)3-5-12;;/h2-5H,6-10,13H2,1H3;2*1H. The number of nitrogens with zero attached hydrogens (tertiary/aromatic N) is 2. The van der Waals surface area contributed by atoms with Crippen LogP contribution in [0.3, 0.4) is 0 Å². The van der Waals surface area contributed by atoms with Crippen molar-refractivity contribution >= 4 is 34.8 Å². The van der Waals surface area contributed by atoms with Crippen molar-refractivity contribution in [2.75, 3.05) is 33.2 Å². The third-order valence-corrected chi connectivity index (χ3v) is 5.17. The number of benzene rings is 1. The van der Waals surface area contributed by atoms with Gasteiger partial charge >= 0.3 is 0 Å². The van der Waals surface area contributed by atoms with Gasteiger partial charge in [-0.2, -0.15) is 4.31 Å². The van der Waals surface area contributed by atoms with Gasteiger partial charge in [-0.15, -0.1) is 24.8 Å². The van der Waals surface area contributed by atoms with Crippen molar-refractivity contribution in [1.29, 1.82) is 0 Å². The highest BCUT2D eigenvalue weighted by Crippen LogP contribution is 2.17. The Hall–Kier alpha value is -0.370. The third kappa shape index (κ3) is 4.31. The van der Waals surface area contributed by atoms with Gasteiger partial charge in [0.1, 0.15) is 0 Å². The Balaban J connectivity index is 0.00000180. The van der Waals surface area contributed by atoms with Crippen molar-refractivity contribution in [1.82, 2.24) is 9.21 Å². The van der Waals surface area contributed by atoms with Crippen molar-refractivity contribution in [3.63, 3.8) is 0 Å². The lowest BCUT2D eigenvalue weighted by molar-refractivity contribution is 0.222. The molecule has 8 heteroatoms. The van der Waals surface area contributed by atoms with E-state index < -0.39 is 10.0 Å². The Bertz CT molecular complexity index is 500. The second kappa shape index (κ2) is 8.17. The van der Waals surface area contributed by atoms with Gasteiger partial charge in [0.05, 0.1) is 4.90 Å². The Kier molecular flexibility index (Phi) is 8.01. The minimum Gasteiger partial charge on any atom is -0.326 e. The number of halogens is 2. The highest BCUT2D eigenvalue weighted by molar-refractivity contribution is 7.89. The molecule has 1 aliphatic heterocycles. The van der Waals surface area contributed by atoms with Gasteiger partial charge in [0.2, 0.25) is 10.0 Å². The van der Waals surface area contributed by atoms with Crippen LogP contribution in [0.5, 0.6) is 0 Å². The molecule has 0 bridgehead atoms. The maximum absolute atomic E-state index is 12.4. The third-order valence-electron chi connectivity index (χ3n) is 3.26. The fourth-order valence-corrected chi connectivity index (χ4v) is 3.40. The number of likely N-dealkylation sites (N-methyl/N-ethyl adjacent to an activating group) is 1. The molecule has 2 N–H and O–H groups in total. The van der Waals surface area contributed by atoms with Crippen LogP contribution in [0.1, 0.15) is 5.56 Å². The second-order valence-corrected chi connectivity index (χ2v) is 6.49. The zero-order valence-corrected chi connectivity index (χ0v) is 13.8. The molecular formula is C12H21Cl2N3O2S. The highest BCUT2D eigenvalue weighted by Gasteiger charge is 2.27. The van der Waals surface area contributed by atoms with Crippen LogP contribution in [0.15, 0.2) is 29.2 Å². The molecule has 116 valence electrons. The molecule has 1 aromatic rings. The lowest BCUT2D eigenvalue weighted by Crippen LogP contribution is -2.46. The normalized spacial score (nSPS) is 17.1. The predicted molar refractivity (Wildman–Crippen MR) is 85.1 cm³/mol. The number of rotatable bonds is 3. The molecular weight excluding hydrogens is 321 g/mol. The largest absolute Gasteiger partial charge is 0.326 e. The van der Waals surface area contributed by atoms with Crippen molar-refractivity contribution in [2.24, 2.45) is 5.73 Å². The molecule has 0 spiro atoms. The summed E-state index contributed by atoms with van der Waals surface area (Å²) < 4.78 is 26.3. The first-order valence-corrected chi connectivity index (χ1v) is 7.46. The lowest BCUT2D eigenvalue weighted by atomic mass is 10.2. The minimum absolute atomic E-state index is 0. The number of hydrogen-bond donors (Lipinski definition) is 1. The van der Waals surface area contributed by atoms with Gasteiger partial charge in [-0.3, -0.25) is 0 Å². The molecule has 1 aromatic carbocycles. The lowest BCUT2D eigenvalue weighted by Gasteiger charge is -2.31. The van der Waals surface area contributed by atoms with E-state index in [9.17, 15) is 8.42 Å². The summed E-state index contributed by atoms with van der Waals surface area (Å²) in [5.41, 5.74) is 6.44. The fraction of sp³-hybridized carbons (Fsp3) is 0.500. The first-order valence-electron chi connectivity index (χ1n) is 6.02. The number of piperazine rings is 1. The average molecular weight is 342 g/mol. The van der Waals surface area contributed by atoms with E-state index in [1.165, 1.54) is 0 Å². The molecule has 0 unspecified atom stereocenters. The van der Waals surface area contributed by atoms with Crippen LogP contribution in [-0.4, -0.2) is 50.8 Å². The van der Waals surface area contributed by atoms with Gasteiger partial charge < -0.3 is 10.6 Å². The molecule has 20 heavy (non-hydrogen) atoms. The van der Waals surface area contributed by atoms with E-state index >= 15 is 0 Å². The van der Waals surface area contributed by atoms with Crippen molar-refractivity contribution in [2.45, 2.75) is 11.4 Å². The maximum atomic E-state index is 12.4.